The van der Waals surface area contributed by atoms with Crippen LogP contribution in [0.15, 0.2) is 87.8 Å². The van der Waals surface area contributed by atoms with Crippen molar-refractivity contribution in [1.82, 2.24) is 4.57 Å². The third-order valence-electron chi connectivity index (χ3n) is 6.72. The van der Waals surface area contributed by atoms with Crippen LogP contribution in [0.4, 0.5) is 0 Å². The Hall–Kier alpha value is -4.34. The zero-order valence-corrected chi connectivity index (χ0v) is 23.8. The minimum absolute atomic E-state index is 0.212. The SMILES string of the molecule is CCOC(=O)C1=C(C)N=c2s/c(=C\c3ccc(OCc4ccc5c(c4)OCO5)cc3)c(=O)n2[C@H]1c1ccc(Cl)cc1. The third-order valence-corrected chi connectivity index (χ3v) is 7.96. The van der Waals surface area contributed by atoms with Crippen molar-refractivity contribution in [2.75, 3.05) is 13.4 Å². The maximum Gasteiger partial charge on any atom is 0.338 e. The van der Waals surface area contributed by atoms with E-state index in [2.05, 4.69) is 4.99 Å². The van der Waals surface area contributed by atoms with Gasteiger partial charge in [-0.15, -0.1) is 0 Å². The average molecular weight is 589 g/mol. The smallest absolute Gasteiger partial charge is 0.338 e. The fourth-order valence-corrected chi connectivity index (χ4v) is 5.93. The van der Waals surface area contributed by atoms with E-state index in [1.54, 1.807) is 30.5 Å². The van der Waals surface area contributed by atoms with Gasteiger partial charge in [0.2, 0.25) is 6.79 Å². The van der Waals surface area contributed by atoms with Crippen LogP contribution in [0.3, 0.4) is 0 Å². The Morgan fingerprint density at radius 2 is 1.85 bits per heavy atom. The maximum atomic E-state index is 13.7. The van der Waals surface area contributed by atoms with E-state index in [0.29, 0.717) is 43.7 Å². The molecule has 0 spiro atoms. The van der Waals surface area contributed by atoms with Gasteiger partial charge in [0.05, 0.1) is 28.5 Å². The molecule has 0 N–H and O–H groups in total. The summed E-state index contributed by atoms with van der Waals surface area (Å²) >= 11 is 7.40. The number of carbonyl (C=O) groups excluding carboxylic acids is 1. The molecule has 0 amide bonds. The minimum atomic E-state index is -0.684. The van der Waals surface area contributed by atoms with Crippen molar-refractivity contribution in [3.05, 3.63) is 119 Å². The van der Waals surface area contributed by atoms with Gasteiger partial charge >= 0.3 is 5.97 Å². The quantitative estimate of drug-likeness (QED) is 0.289. The van der Waals surface area contributed by atoms with E-state index in [-0.39, 0.29) is 19.0 Å². The summed E-state index contributed by atoms with van der Waals surface area (Å²) in [6, 6.07) is 19.6. The van der Waals surface area contributed by atoms with Crippen LogP contribution in [0.2, 0.25) is 5.02 Å². The summed E-state index contributed by atoms with van der Waals surface area (Å²) in [5, 5.41) is 0.558. The van der Waals surface area contributed by atoms with Crippen molar-refractivity contribution in [3.8, 4) is 17.2 Å². The summed E-state index contributed by atoms with van der Waals surface area (Å²) in [4.78, 5) is 31.9. The van der Waals surface area contributed by atoms with Gasteiger partial charge in [0.1, 0.15) is 12.4 Å². The number of fused-ring (bicyclic) bond motifs is 2. The molecule has 6 rings (SSSR count). The molecule has 0 bridgehead atoms. The number of nitrogens with zero attached hydrogens (tertiary/aromatic N) is 2. The van der Waals surface area contributed by atoms with Gasteiger partial charge in [0.25, 0.3) is 5.56 Å². The summed E-state index contributed by atoms with van der Waals surface area (Å²) in [6.07, 6.45) is 1.81. The molecule has 1 atom stereocenters. The molecule has 0 aliphatic carbocycles. The molecule has 2 aliphatic rings. The molecule has 2 aliphatic heterocycles. The summed E-state index contributed by atoms with van der Waals surface area (Å²) < 4.78 is 24.1. The van der Waals surface area contributed by atoms with Crippen LogP contribution in [0, 0.1) is 0 Å². The summed E-state index contributed by atoms with van der Waals surface area (Å²) in [7, 11) is 0. The van der Waals surface area contributed by atoms with E-state index < -0.39 is 12.0 Å². The topological polar surface area (TPSA) is 88.4 Å². The number of halogens is 1. The Labute approximate surface area is 244 Å². The van der Waals surface area contributed by atoms with Crippen LogP contribution in [-0.2, 0) is 16.1 Å². The highest BCUT2D eigenvalue weighted by atomic mass is 35.5. The Bertz CT molecular complexity index is 1840. The van der Waals surface area contributed by atoms with E-state index in [1.807, 2.05) is 60.7 Å². The number of esters is 1. The highest BCUT2D eigenvalue weighted by Gasteiger charge is 2.33. The van der Waals surface area contributed by atoms with Gasteiger partial charge in [-0.1, -0.05) is 53.3 Å². The van der Waals surface area contributed by atoms with Gasteiger partial charge in [-0.05, 0) is 73.0 Å². The first-order valence-electron chi connectivity index (χ1n) is 13.0. The number of hydrogen-bond acceptors (Lipinski definition) is 8. The van der Waals surface area contributed by atoms with Gasteiger partial charge in [-0.2, -0.15) is 0 Å². The van der Waals surface area contributed by atoms with Crippen molar-refractivity contribution in [1.29, 1.82) is 0 Å². The molecular weight excluding hydrogens is 564 g/mol. The first-order valence-corrected chi connectivity index (χ1v) is 14.2. The van der Waals surface area contributed by atoms with E-state index >= 15 is 0 Å². The predicted molar refractivity (Wildman–Crippen MR) is 155 cm³/mol. The molecule has 0 saturated carbocycles. The van der Waals surface area contributed by atoms with E-state index in [4.69, 9.17) is 30.5 Å². The highest BCUT2D eigenvalue weighted by molar-refractivity contribution is 7.07. The van der Waals surface area contributed by atoms with Crippen molar-refractivity contribution in [3.63, 3.8) is 0 Å². The largest absolute Gasteiger partial charge is 0.489 e. The Balaban J connectivity index is 1.29. The fraction of sp³-hybridized carbons (Fsp3) is 0.194. The first kappa shape index (κ1) is 26.9. The lowest BCUT2D eigenvalue weighted by molar-refractivity contribution is -0.139. The van der Waals surface area contributed by atoms with Gasteiger partial charge in [0, 0.05) is 5.02 Å². The second-order valence-corrected chi connectivity index (χ2v) is 10.8. The molecule has 3 aromatic carbocycles. The molecule has 8 nitrogen and oxygen atoms in total. The molecule has 10 heteroatoms. The number of rotatable bonds is 7. The van der Waals surface area contributed by atoms with Gasteiger partial charge in [-0.25, -0.2) is 9.79 Å². The van der Waals surface area contributed by atoms with Crippen LogP contribution in [0.1, 0.15) is 36.6 Å². The number of allylic oxidation sites excluding steroid dienone is 1. The Morgan fingerprint density at radius 3 is 2.61 bits per heavy atom. The molecule has 208 valence electrons. The average Bonchev–Trinajstić information content (AvgIpc) is 3.56. The molecule has 4 aromatic rings. The molecule has 1 aromatic heterocycles. The molecule has 3 heterocycles. The molecule has 0 saturated heterocycles. The Morgan fingerprint density at radius 1 is 1.10 bits per heavy atom. The van der Waals surface area contributed by atoms with Gasteiger partial charge < -0.3 is 18.9 Å². The number of carbonyl (C=O) groups is 1. The number of aromatic nitrogens is 1. The second-order valence-electron chi connectivity index (χ2n) is 9.40. The lowest BCUT2D eigenvalue weighted by atomic mass is 9.96. The van der Waals surface area contributed by atoms with Crippen LogP contribution in [-0.4, -0.2) is 23.9 Å². The zero-order chi connectivity index (χ0) is 28.5. The van der Waals surface area contributed by atoms with Crippen molar-refractivity contribution in [2.45, 2.75) is 26.5 Å². The summed E-state index contributed by atoms with van der Waals surface area (Å²) in [5.41, 5.74) is 3.13. The van der Waals surface area contributed by atoms with E-state index in [0.717, 1.165) is 22.4 Å². The predicted octanol–water partition coefficient (Wildman–Crippen LogP) is 4.76. The lowest BCUT2D eigenvalue weighted by Gasteiger charge is -2.24. The molecule has 0 radical (unpaired) electrons. The van der Waals surface area contributed by atoms with Crippen LogP contribution >= 0.6 is 22.9 Å². The van der Waals surface area contributed by atoms with Crippen LogP contribution in [0.25, 0.3) is 6.08 Å². The molecular formula is C31H25ClN2O6S. The van der Waals surface area contributed by atoms with Crippen LogP contribution in [0.5, 0.6) is 17.2 Å². The van der Waals surface area contributed by atoms with E-state index in [9.17, 15) is 9.59 Å². The summed E-state index contributed by atoms with van der Waals surface area (Å²) in [6.45, 7) is 4.32. The number of ether oxygens (including phenoxy) is 4. The minimum Gasteiger partial charge on any atom is -0.489 e. The first-order chi connectivity index (χ1) is 19.9. The van der Waals surface area contributed by atoms with Crippen molar-refractivity contribution in [2.24, 2.45) is 4.99 Å². The standard InChI is InChI=1S/C31H25ClN2O6S/c1-3-37-30(36)27-18(2)33-31-34(28(27)21-7-9-22(32)10-8-21)29(35)26(41-31)15-19-4-11-23(12-5-19)38-16-20-6-13-24-25(14-20)40-17-39-24/h4-15,28H,3,16-17H2,1-2H3/b26-15-/t28-/m0/s1. The Kier molecular flexibility index (Phi) is 7.38. The third kappa shape index (κ3) is 5.38. The van der Waals surface area contributed by atoms with Crippen molar-refractivity contribution >= 4 is 35.0 Å². The normalized spacial score (nSPS) is 15.9. The number of thiazole rings is 1. The van der Waals surface area contributed by atoms with Crippen LogP contribution < -0.4 is 29.1 Å². The second kappa shape index (κ2) is 11.3. The highest BCUT2D eigenvalue weighted by Crippen LogP contribution is 2.33. The fourth-order valence-electron chi connectivity index (χ4n) is 4.76. The lowest BCUT2D eigenvalue weighted by Crippen LogP contribution is -2.39. The monoisotopic (exact) mass is 588 g/mol. The maximum absolute atomic E-state index is 13.7. The number of hydrogen-bond donors (Lipinski definition) is 0. The molecule has 0 unspecified atom stereocenters. The van der Waals surface area contributed by atoms with Gasteiger partial charge in [-0.3, -0.25) is 9.36 Å². The molecule has 41 heavy (non-hydrogen) atoms. The zero-order valence-electron chi connectivity index (χ0n) is 22.3. The summed E-state index contributed by atoms with van der Waals surface area (Å²) in [5.74, 6) is 1.64. The number of benzene rings is 3. The van der Waals surface area contributed by atoms with Gasteiger partial charge in [0.15, 0.2) is 16.3 Å². The molecule has 0 fully saturated rings. The van der Waals surface area contributed by atoms with Crippen molar-refractivity contribution < 1.29 is 23.7 Å². The van der Waals surface area contributed by atoms with E-state index in [1.165, 1.54) is 11.3 Å².